The van der Waals surface area contributed by atoms with Gasteiger partial charge in [-0.1, -0.05) is 0 Å². The van der Waals surface area contributed by atoms with Gasteiger partial charge in [0.1, 0.15) is 0 Å². The van der Waals surface area contributed by atoms with E-state index < -0.39 is 0 Å². The predicted octanol–water partition coefficient (Wildman–Crippen LogP) is -0.815. The molecule has 1 saturated heterocycles. The fraction of sp³-hybridized carbons (Fsp3) is 0.643. The molecule has 0 aromatic carbocycles. The SMILES string of the molecule is CC(CN1CCCC1=O)NCc1cn(C)c(=O)n(C)c1=O. The van der Waals surface area contributed by atoms with Gasteiger partial charge < -0.3 is 14.8 Å². The Morgan fingerprint density at radius 1 is 1.29 bits per heavy atom. The molecule has 1 N–H and O–H groups in total. The summed E-state index contributed by atoms with van der Waals surface area (Å²) in [4.78, 5) is 37.0. The van der Waals surface area contributed by atoms with Crippen LogP contribution in [0.15, 0.2) is 15.8 Å². The van der Waals surface area contributed by atoms with Crippen molar-refractivity contribution in [3.05, 3.63) is 32.6 Å². The number of aryl methyl sites for hydroxylation is 1. The molecule has 1 amide bonds. The highest BCUT2D eigenvalue weighted by molar-refractivity contribution is 5.78. The van der Waals surface area contributed by atoms with Gasteiger partial charge in [0.05, 0.1) is 0 Å². The van der Waals surface area contributed by atoms with Crippen LogP contribution in [0.1, 0.15) is 25.3 Å². The zero-order chi connectivity index (χ0) is 15.6. The lowest BCUT2D eigenvalue weighted by Gasteiger charge is -2.21. The summed E-state index contributed by atoms with van der Waals surface area (Å²) >= 11 is 0. The molecule has 1 unspecified atom stereocenters. The molecule has 0 radical (unpaired) electrons. The summed E-state index contributed by atoms with van der Waals surface area (Å²) in [7, 11) is 3.10. The van der Waals surface area contributed by atoms with E-state index in [2.05, 4.69) is 5.32 Å². The van der Waals surface area contributed by atoms with Gasteiger partial charge in [0.25, 0.3) is 5.56 Å². The molecule has 1 atom stereocenters. The van der Waals surface area contributed by atoms with Crippen LogP contribution in [-0.2, 0) is 25.4 Å². The van der Waals surface area contributed by atoms with E-state index in [9.17, 15) is 14.4 Å². The number of carbonyl (C=O) groups is 1. The predicted molar refractivity (Wildman–Crippen MR) is 79.0 cm³/mol. The molecule has 2 heterocycles. The number of rotatable bonds is 5. The highest BCUT2D eigenvalue weighted by Gasteiger charge is 2.21. The second-order valence-electron chi connectivity index (χ2n) is 5.64. The van der Waals surface area contributed by atoms with Gasteiger partial charge in [-0.25, -0.2) is 4.79 Å². The molecule has 1 aromatic rings. The Labute approximate surface area is 123 Å². The van der Waals surface area contributed by atoms with Crippen LogP contribution in [0.4, 0.5) is 0 Å². The second kappa shape index (κ2) is 6.26. The lowest BCUT2D eigenvalue weighted by molar-refractivity contribution is -0.127. The molecule has 1 aliphatic heterocycles. The van der Waals surface area contributed by atoms with Gasteiger partial charge in [-0.05, 0) is 13.3 Å². The molecule has 0 aliphatic carbocycles. The van der Waals surface area contributed by atoms with Crippen LogP contribution in [0.5, 0.6) is 0 Å². The molecular weight excluding hydrogens is 272 g/mol. The first kappa shape index (κ1) is 15.5. The van der Waals surface area contributed by atoms with Gasteiger partial charge >= 0.3 is 5.69 Å². The maximum atomic E-state index is 12.0. The number of hydrogen-bond acceptors (Lipinski definition) is 4. The van der Waals surface area contributed by atoms with Crippen LogP contribution < -0.4 is 16.6 Å². The third-order valence-electron chi connectivity index (χ3n) is 3.82. The minimum absolute atomic E-state index is 0.0917. The summed E-state index contributed by atoms with van der Waals surface area (Å²) in [6.45, 7) is 3.82. The number of nitrogens with one attached hydrogen (secondary N) is 1. The van der Waals surface area contributed by atoms with Gasteiger partial charge in [-0.3, -0.25) is 14.2 Å². The summed E-state index contributed by atoms with van der Waals surface area (Å²) in [5, 5.41) is 3.24. The van der Waals surface area contributed by atoms with Gasteiger partial charge in [0.2, 0.25) is 5.91 Å². The lowest BCUT2D eigenvalue weighted by Crippen LogP contribution is -2.42. The summed E-state index contributed by atoms with van der Waals surface area (Å²) in [5.74, 6) is 0.196. The van der Waals surface area contributed by atoms with E-state index in [-0.39, 0.29) is 23.2 Å². The summed E-state index contributed by atoms with van der Waals surface area (Å²) in [5.41, 5.74) is -0.0753. The Morgan fingerprint density at radius 3 is 2.62 bits per heavy atom. The smallest absolute Gasteiger partial charge is 0.330 e. The largest absolute Gasteiger partial charge is 0.341 e. The molecule has 116 valence electrons. The number of aromatic nitrogens is 2. The van der Waals surface area contributed by atoms with E-state index >= 15 is 0 Å². The van der Waals surface area contributed by atoms with Crippen molar-refractivity contribution in [2.45, 2.75) is 32.4 Å². The normalized spacial score (nSPS) is 16.5. The van der Waals surface area contributed by atoms with Gasteiger partial charge in [0, 0.05) is 58.0 Å². The molecule has 7 heteroatoms. The number of nitrogens with zero attached hydrogens (tertiary/aromatic N) is 3. The van der Waals surface area contributed by atoms with Crippen molar-refractivity contribution < 1.29 is 4.79 Å². The van der Waals surface area contributed by atoms with Crippen LogP contribution in [-0.4, -0.2) is 39.1 Å². The summed E-state index contributed by atoms with van der Waals surface area (Å²) < 4.78 is 2.50. The average Bonchev–Trinajstić information content (AvgIpc) is 2.84. The second-order valence-corrected chi connectivity index (χ2v) is 5.64. The number of likely N-dealkylation sites (tertiary alicyclic amines) is 1. The molecule has 1 aliphatic rings. The highest BCUT2D eigenvalue weighted by Crippen LogP contribution is 2.09. The average molecular weight is 294 g/mol. The molecule has 2 rings (SSSR count). The zero-order valence-electron chi connectivity index (χ0n) is 12.8. The molecule has 0 spiro atoms. The highest BCUT2D eigenvalue weighted by atomic mass is 16.2. The number of hydrogen-bond donors (Lipinski definition) is 1. The molecule has 0 saturated carbocycles. The quantitative estimate of drug-likeness (QED) is 0.770. The fourth-order valence-electron chi connectivity index (χ4n) is 2.58. The maximum Gasteiger partial charge on any atom is 0.330 e. The van der Waals surface area contributed by atoms with Crippen molar-refractivity contribution in [2.24, 2.45) is 14.1 Å². The van der Waals surface area contributed by atoms with Crippen molar-refractivity contribution in [2.75, 3.05) is 13.1 Å². The van der Waals surface area contributed by atoms with Crippen LogP contribution in [0.25, 0.3) is 0 Å². The van der Waals surface area contributed by atoms with Crippen molar-refractivity contribution in [3.8, 4) is 0 Å². The molecule has 21 heavy (non-hydrogen) atoms. The van der Waals surface area contributed by atoms with E-state index in [1.165, 1.54) is 11.6 Å². The zero-order valence-corrected chi connectivity index (χ0v) is 12.8. The van der Waals surface area contributed by atoms with E-state index in [1.807, 2.05) is 11.8 Å². The first-order valence-electron chi connectivity index (χ1n) is 7.17. The fourth-order valence-corrected chi connectivity index (χ4v) is 2.58. The Kier molecular flexibility index (Phi) is 4.62. The Balaban J connectivity index is 1.98. The Hall–Kier alpha value is -1.89. The van der Waals surface area contributed by atoms with Gasteiger partial charge in [0.15, 0.2) is 0 Å². The van der Waals surface area contributed by atoms with Crippen LogP contribution >= 0.6 is 0 Å². The van der Waals surface area contributed by atoms with Gasteiger partial charge in [-0.15, -0.1) is 0 Å². The van der Waals surface area contributed by atoms with Crippen LogP contribution in [0.3, 0.4) is 0 Å². The number of amides is 1. The van der Waals surface area contributed by atoms with Crippen LogP contribution in [0, 0.1) is 0 Å². The minimum atomic E-state index is -0.334. The Morgan fingerprint density at radius 2 is 2.00 bits per heavy atom. The standard InChI is InChI=1S/C14H22N4O3/c1-10(8-18-6-4-5-12(18)19)15-7-11-9-16(2)14(21)17(3)13(11)20/h9-10,15H,4-8H2,1-3H3. The monoisotopic (exact) mass is 294 g/mol. The molecule has 1 aromatic heterocycles. The number of carbonyl (C=O) groups excluding carboxylic acids is 1. The first-order chi connectivity index (χ1) is 9.90. The van der Waals surface area contributed by atoms with E-state index in [0.29, 0.717) is 25.1 Å². The van der Waals surface area contributed by atoms with Crippen molar-refractivity contribution >= 4 is 5.91 Å². The molecule has 0 bridgehead atoms. The maximum absolute atomic E-state index is 12.0. The summed E-state index contributed by atoms with van der Waals surface area (Å²) in [6, 6.07) is 0.0917. The molecular formula is C14H22N4O3. The lowest BCUT2D eigenvalue weighted by atomic mass is 10.2. The molecule has 1 fully saturated rings. The third-order valence-corrected chi connectivity index (χ3v) is 3.82. The van der Waals surface area contributed by atoms with Gasteiger partial charge in [-0.2, -0.15) is 0 Å². The third kappa shape index (κ3) is 3.41. The van der Waals surface area contributed by atoms with Crippen LogP contribution in [0.2, 0.25) is 0 Å². The minimum Gasteiger partial charge on any atom is -0.341 e. The van der Waals surface area contributed by atoms with E-state index in [4.69, 9.17) is 0 Å². The topological polar surface area (TPSA) is 76.3 Å². The first-order valence-corrected chi connectivity index (χ1v) is 7.17. The van der Waals surface area contributed by atoms with E-state index in [1.54, 1.807) is 13.2 Å². The Bertz CT molecular complexity index is 647. The van der Waals surface area contributed by atoms with Crippen molar-refractivity contribution in [3.63, 3.8) is 0 Å². The summed E-state index contributed by atoms with van der Waals surface area (Å²) in [6.07, 6.45) is 3.12. The van der Waals surface area contributed by atoms with Crippen molar-refractivity contribution in [1.82, 2.24) is 19.4 Å². The van der Waals surface area contributed by atoms with Crippen molar-refractivity contribution in [1.29, 1.82) is 0 Å². The van der Waals surface area contributed by atoms with E-state index in [0.717, 1.165) is 17.5 Å². The molecule has 7 nitrogen and oxygen atoms in total.